The van der Waals surface area contributed by atoms with Gasteiger partial charge in [0.15, 0.2) is 0 Å². The summed E-state index contributed by atoms with van der Waals surface area (Å²) in [6.45, 7) is 3.70. The summed E-state index contributed by atoms with van der Waals surface area (Å²) in [5.41, 5.74) is 1.38. The smallest absolute Gasteiger partial charge is 0.240 e. The fourth-order valence-corrected chi connectivity index (χ4v) is 5.23. The predicted octanol–water partition coefficient (Wildman–Crippen LogP) is 3.96. The van der Waals surface area contributed by atoms with Crippen LogP contribution >= 0.6 is 22.7 Å². The van der Waals surface area contributed by atoms with E-state index in [-0.39, 0.29) is 23.3 Å². The van der Waals surface area contributed by atoms with Crippen LogP contribution in [-0.4, -0.2) is 19.4 Å². The second-order valence-electron chi connectivity index (χ2n) is 6.76. The molecular formula is C20H22N2O4S3. The zero-order valence-corrected chi connectivity index (χ0v) is 18.4. The van der Waals surface area contributed by atoms with Crippen LogP contribution in [0.25, 0.3) is 0 Å². The topological polar surface area (TPSA) is 95.5 Å². The van der Waals surface area contributed by atoms with Gasteiger partial charge in [0.2, 0.25) is 15.9 Å². The molecule has 0 aliphatic carbocycles. The Morgan fingerprint density at radius 1 is 1.10 bits per heavy atom. The van der Waals surface area contributed by atoms with Crippen molar-refractivity contribution in [3.8, 4) is 0 Å². The summed E-state index contributed by atoms with van der Waals surface area (Å²) >= 11 is 2.88. The molecule has 3 rings (SSSR count). The first-order valence-electron chi connectivity index (χ1n) is 8.95. The van der Waals surface area contributed by atoms with E-state index in [1.807, 2.05) is 29.0 Å². The highest BCUT2D eigenvalue weighted by Gasteiger charge is 2.17. The van der Waals surface area contributed by atoms with E-state index in [4.69, 9.17) is 0 Å². The molecule has 1 unspecified atom stereocenters. The number of hydrogen-bond acceptors (Lipinski definition) is 6. The SMILES string of the molecule is CC(C)C(=O)Nc1ccc(S(=O)(=O)NCc2ccc(C(O)c3ccsc3)s2)cc1. The second kappa shape index (κ2) is 9.19. The average molecular weight is 451 g/mol. The molecule has 0 bridgehead atoms. The van der Waals surface area contributed by atoms with Gasteiger partial charge in [-0.15, -0.1) is 11.3 Å². The van der Waals surface area contributed by atoms with Crippen molar-refractivity contribution in [2.24, 2.45) is 5.92 Å². The largest absolute Gasteiger partial charge is 0.383 e. The zero-order chi connectivity index (χ0) is 21.0. The molecule has 0 fully saturated rings. The van der Waals surface area contributed by atoms with Gasteiger partial charge in [0.25, 0.3) is 0 Å². The van der Waals surface area contributed by atoms with Crippen LogP contribution in [0.1, 0.15) is 35.3 Å². The average Bonchev–Trinajstić information content (AvgIpc) is 3.38. The monoisotopic (exact) mass is 450 g/mol. The molecule has 3 N–H and O–H groups in total. The van der Waals surface area contributed by atoms with Crippen molar-refractivity contribution in [2.75, 3.05) is 5.32 Å². The number of thiophene rings is 2. The van der Waals surface area contributed by atoms with E-state index in [0.29, 0.717) is 5.69 Å². The van der Waals surface area contributed by atoms with Crippen LogP contribution in [0.5, 0.6) is 0 Å². The van der Waals surface area contributed by atoms with Gasteiger partial charge in [-0.2, -0.15) is 11.3 Å². The van der Waals surface area contributed by atoms with Gasteiger partial charge >= 0.3 is 0 Å². The molecule has 1 amide bonds. The third kappa shape index (κ3) is 5.52. The quantitative estimate of drug-likeness (QED) is 0.484. The number of rotatable bonds is 8. The van der Waals surface area contributed by atoms with Gasteiger partial charge in [0, 0.05) is 27.9 Å². The van der Waals surface area contributed by atoms with Crippen LogP contribution in [-0.2, 0) is 21.4 Å². The van der Waals surface area contributed by atoms with Crippen LogP contribution in [0.3, 0.4) is 0 Å². The van der Waals surface area contributed by atoms with Gasteiger partial charge in [-0.25, -0.2) is 13.1 Å². The number of carbonyl (C=O) groups is 1. The number of carbonyl (C=O) groups excluding carboxylic acids is 1. The zero-order valence-electron chi connectivity index (χ0n) is 16.0. The molecule has 1 atom stereocenters. The van der Waals surface area contributed by atoms with E-state index in [0.717, 1.165) is 15.3 Å². The molecule has 2 heterocycles. The lowest BCUT2D eigenvalue weighted by Crippen LogP contribution is -2.23. The number of hydrogen-bond donors (Lipinski definition) is 3. The van der Waals surface area contributed by atoms with Gasteiger partial charge < -0.3 is 10.4 Å². The van der Waals surface area contributed by atoms with Crippen molar-refractivity contribution >= 4 is 44.3 Å². The highest BCUT2D eigenvalue weighted by Crippen LogP contribution is 2.29. The second-order valence-corrected chi connectivity index (χ2v) is 10.5. The molecule has 6 nitrogen and oxygen atoms in total. The number of sulfonamides is 1. The maximum absolute atomic E-state index is 12.5. The Kier molecular flexibility index (Phi) is 6.86. The first-order valence-corrected chi connectivity index (χ1v) is 12.2. The number of nitrogens with one attached hydrogen (secondary N) is 2. The Balaban J connectivity index is 1.62. The number of amides is 1. The Morgan fingerprint density at radius 2 is 1.83 bits per heavy atom. The number of aliphatic hydroxyl groups excluding tert-OH is 1. The van der Waals surface area contributed by atoms with Gasteiger partial charge in [-0.3, -0.25) is 4.79 Å². The van der Waals surface area contributed by atoms with Crippen LogP contribution in [0.4, 0.5) is 5.69 Å². The van der Waals surface area contributed by atoms with E-state index < -0.39 is 16.1 Å². The summed E-state index contributed by atoms with van der Waals surface area (Å²) in [5.74, 6) is -0.286. The summed E-state index contributed by atoms with van der Waals surface area (Å²) < 4.78 is 27.6. The summed E-state index contributed by atoms with van der Waals surface area (Å²) in [4.78, 5) is 13.4. The maximum Gasteiger partial charge on any atom is 0.240 e. The number of anilines is 1. The first-order chi connectivity index (χ1) is 13.8. The summed E-state index contributed by atoms with van der Waals surface area (Å²) in [7, 11) is -3.69. The van der Waals surface area contributed by atoms with Crippen molar-refractivity contribution in [1.82, 2.24) is 4.72 Å². The summed E-state index contributed by atoms with van der Waals surface area (Å²) in [6.07, 6.45) is -0.704. The summed E-state index contributed by atoms with van der Waals surface area (Å²) in [5, 5.41) is 16.9. The fraction of sp³-hybridized carbons (Fsp3) is 0.250. The molecule has 0 aliphatic rings. The first kappa shape index (κ1) is 21.7. The third-order valence-electron chi connectivity index (χ3n) is 4.20. The molecule has 0 radical (unpaired) electrons. The lowest BCUT2D eigenvalue weighted by Gasteiger charge is -2.09. The van der Waals surface area contributed by atoms with Crippen molar-refractivity contribution in [1.29, 1.82) is 0 Å². The molecule has 3 aromatic rings. The van der Waals surface area contributed by atoms with Gasteiger partial charge in [0.05, 0.1) is 4.90 Å². The van der Waals surface area contributed by atoms with Crippen LogP contribution in [0.2, 0.25) is 0 Å². The molecule has 1 aromatic carbocycles. The highest BCUT2D eigenvalue weighted by atomic mass is 32.2. The van der Waals surface area contributed by atoms with Crippen LogP contribution < -0.4 is 10.0 Å². The minimum Gasteiger partial charge on any atom is -0.383 e. The normalized spacial score (nSPS) is 12.8. The van der Waals surface area contributed by atoms with E-state index in [9.17, 15) is 18.3 Å². The Bertz CT molecular complexity index is 1060. The molecule has 0 aliphatic heterocycles. The molecular weight excluding hydrogens is 428 g/mol. The van der Waals surface area contributed by atoms with Gasteiger partial charge in [-0.1, -0.05) is 13.8 Å². The minimum absolute atomic E-state index is 0.120. The molecule has 29 heavy (non-hydrogen) atoms. The van der Waals surface area contributed by atoms with Crippen molar-refractivity contribution in [3.05, 3.63) is 68.5 Å². The standard InChI is InChI=1S/C20H22N2O4S3/c1-13(2)20(24)22-15-3-6-17(7-4-15)29(25,26)21-11-16-5-8-18(28-16)19(23)14-9-10-27-12-14/h3-10,12-13,19,21,23H,11H2,1-2H3,(H,22,24). The molecule has 0 saturated carbocycles. The van der Waals surface area contributed by atoms with Gasteiger partial charge in [0.1, 0.15) is 6.10 Å². The van der Waals surface area contributed by atoms with E-state index >= 15 is 0 Å². The minimum atomic E-state index is -3.69. The maximum atomic E-state index is 12.5. The van der Waals surface area contributed by atoms with Gasteiger partial charge in [-0.05, 0) is 58.8 Å². The van der Waals surface area contributed by atoms with Crippen LogP contribution in [0, 0.1) is 5.92 Å². The van der Waals surface area contributed by atoms with E-state index in [2.05, 4.69) is 10.0 Å². The van der Waals surface area contributed by atoms with E-state index in [1.54, 1.807) is 26.0 Å². The summed E-state index contributed by atoms with van der Waals surface area (Å²) in [6, 6.07) is 11.5. The molecule has 0 spiro atoms. The fourth-order valence-electron chi connectivity index (χ4n) is 2.48. The third-order valence-corrected chi connectivity index (χ3v) is 7.46. The lowest BCUT2D eigenvalue weighted by molar-refractivity contribution is -0.118. The lowest BCUT2D eigenvalue weighted by atomic mass is 10.2. The predicted molar refractivity (Wildman–Crippen MR) is 117 cm³/mol. The highest BCUT2D eigenvalue weighted by molar-refractivity contribution is 7.89. The Hall–Kier alpha value is -2.04. The number of benzene rings is 1. The van der Waals surface area contributed by atoms with E-state index in [1.165, 1.54) is 34.8 Å². The molecule has 154 valence electrons. The van der Waals surface area contributed by atoms with Crippen molar-refractivity contribution in [3.63, 3.8) is 0 Å². The van der Waals surface area contributed by atoms with Crippen LogP contribution in [0.15, 0.2) is 58.1 Å². The molecule has 9 heteroatoms. The number of aliphatic hydroxyl groups is 1. The van der Waals surface area contributed by atoms with Crippen molar-refractivity contribution < 1.29 is 18.3 Å². The molecule has 2 aromatic heterocycles. The molecule has 0 saturated heterocycles. The Labute approximate surface area is 178 Å². The Morgan fingerprint density at radius 3 is 2.45 bits per heavy atom. The van der Waals surface area contributed by atoms with Crippen molar-refractivity contribution in [2.45, 2.75) is 31.4 Å².